The summed E-state index contributed by atoms with van der Waals surface area (Å²) in [5.41, 5.74) is 5.81. The number of carbonyl (C=O) groups excluding carboxylic acids is 1. The molecule has 0 saturated heterocycles. The molecule has 2 amide bonds. The molecule has 1 saturated carbocycles. The SMILES string of the molecule is Cc1ccc(-n2nc(C(C)(C)C)cc2NC(=O)NC2CCC(Oc3ccc4nnc(C5CCCC5)n4c3)c3ccccc32)cc1. The number of hydrogen-bond donors (Lipinski definition) is 2. The second-order valence-electron chi connectivity index (χ2n) is 13.5. The second-order valence-corrected chi connectivity index (χ2v) is 13.5. The summed E-state index contributed by atoms with van der Waals surface area (Å²) in [5.74, 6) is 2.92. The molecule has 5 aromatic rings. The average molecular weight is 604 g/mol. The van der Waals surface area contributed by atoms with E-state index in [0.29, 0.717) is 11.7 Å². The number of anilines is 1. The Morgan fingerprint density at radius 3 is 2.42 bits per heavy atom. The molecule has 3 heterocycles. The molecule has 2 aliphatic rings. The number of urea groups is 1. The van der Waals surface area contributed by atoms with Gasteiger partial charge in [0, 0.05) is 17.4 Å². The van der Waals surface area contributed by atoms with Gasteiger partial charge in [-0.2, -0.15) is 5.10 Å². The molecule has 0 radical (unpaired) electrons. The molecule has 2 atom stereocenters. The van der Waals surface area contributed by atoms with Crippen molar-refractivity contribution in [2.75, 3.05) is 5.32 Å². The van der Waals surface area contributed by atoms with Gasteiger partial charge < -0.3 is 10.1 Å². The first kappa shape index (κ1) is 29.1. The van der Waals surface area contributed by atoms with Crippen molar-refractivity contribution in [3.63, 3.8) is 0 Å². The minimum atomic E-state index is -0.264. The first-order valence-electron chi connectivity index (χ1n) is 16.1. The van der Waals surface area contributed by atoms with Crippen molar-refractivity contribution in [3.05, 3.63) is 101 Å². The van der Waals surface area contributed by atoms with Crippen molar-refractivity contribution in [1.82, 2.24) is 29.7 Å². The quantitative estimate of drug-likeness (QED) is 0.205. The summed E-state index contributed by atoms with van der Waals surface area (Å²) in [7, 11) is 0. The van der Waals surface area contributed by atoms with Gasteiger partial charge in [-0.3, -0.25) is 9.72 Å². The fourth-order valence-electron chi connectivity index (χ4n) is 6.64. The zero-order valence-corrected chi connectivity index (χ0v) is 26.5. The molecule has 2 unspecified atom stereocenters. The van der Waals surface area contributed by atoms with Crippen molar-refractivity contribution >= 4 is 17.5 Å². The van der Waals surface area contributed by atoms with Crippen molar-refractivity contribution in [1.29, 1.82) is 0 Å². The smallest absolute Gasteiger partial charge is 0.320 e. The Morgan fingerprint density at radius 2 is 1.67 bits per heavy atom. The highest BCUT2D eigenvalue weighted by atomic mass is 16.5. The van der Waals surface area contributed by atoms with E-state index in [1.807, 2.05) is 65.5 Å². The molecule has 2 aliphatic carbocycles. The summed E-state index contributed by atoms with van der Waals surface area (Å²) in [6.45, 7) is 8.42. The first-order chi connectivity index (χ1) is 21.7. The highest BCUT2D eigenvalue weighted by Gasteiger charge is 2.30. The van der Waals surface area contributed by atoms with Gasteiger partial charge in [0.2, 0.25) is 0 Å². The van der Waals surface area contributed by atoms with Gasteiger partial charge in [0.15, 0.2) is 5.65 Å². The molecule has 0 bridgehead atoms. The predicted octanol–water partition coefficient (Wildman–Crippen LogP) is 7.96. The zero-order valence-electron chi connectivity index (χ0n) is 26.5. The van der Waals surface area contributed by atoms with Crippen LogP contribution in [-0.2, 0) is 5.41 Å². The normalized spacial score (nSPS) is 18.6. The highest BCUT2D eigenvalue weighted by molar-refractivity contribution is 5.89. The summed E-state index contributed by atoms with van der Waals surface area (Å²) in [6.07, 6.45) is 8.25. The highest BCUT2D eigenvalue weighted by Crippen LogP contribution is 2.39. The number of aryl methyl sites for hydroxylation is 1. The van der Waals surface area contributed by atoms with Crippen LogP contribution < -0.4 is 15.4 Å². The standard InChI is InChI=1S/C36H41N7O2/c1-23-13-15-25(16-14-23)43-33(21-31(41-43)36(2,3)4)38-35(44)37-29-18-19-30(28-12-8-7-11-27(28)29)45-26-17-20-32-39-40-34(42(32)22-26)24-9-5-6-10-24/h7-8,11-17,20-22,24,29-30H,5-6,9-10,18-19H2,1-4H3,(H2,37,38,44). The molecule has 0 spiro atoms. The van der Waals surface area contributed by atoms with E-state index in [1.165, 1.54) is 18.4 Å². The molecular formula is C36H41N7O2. The molecule has 7 rings (SSSR count). The lowest BCUT2D eigenvalue weighted by atomic mass is 9.85. The monoisotopic (exact) mass is 603 g/mol. The zero-order chi connectivity index (χ0) is 31.1. The maximum atomic E-state index is 13.5. The number of hydrogen-bond acceptors (Lipinski definition) is 5. The Morgan fingerprint density at radius 1 is 0.911 bits per heavy atom. The summed E-state index contributed by atoms with van der Waals surface area (Å²) in [4.78, 5) is 13.5. The van der Waals surface area contributed by atoms with Crippen LogP contribution in [0.4, 0.5) is 10.6 Å². The topological polar surface area (TPSA) is 98.4 Å². The number of pyridine rings is 1. The van der Waals surface area contributed by atoms with E-state index < -0.39 is 0 Å². The van der Waals surface area contributed by atoms with Crippen molar-refractivity contribution in [2.24, 2.45) is 0 Å². The molecule has 2 N–H and O–H groups in total. The lowest BCUT2D eigenvalue weighted by Crippen LogP contribution is -2.36. The maximum absolute atomic E-state index is 13.5. The summed E-state index contributed by atoms with van der Waals surface area (Å²) in [5, 5.41) is 20.1. The molecule has 232 valence electrons. The van der Waals surface area contributed by atoms with E-state index in [9.17, 15) is 4.79 Å². The number of nitrogens with zero attached hydrogens (tertiary/aromatic N) is 5. The maximum Gasteiger partial charge on any atom is 0.320 e. The molecule has 0 aliphatic heterocycles. The van der Waals surface area contributed by atoms with Crippen molar-refractivity contribution in [2.45, 2.75) is 89.7 Å². The second kappa shape index (κ2) is 11.7. The van der Waals surface area contributed by atoms with Crippen LogP contribution in [0.15, 0.2) is 72.9 Å². The van der Waals surface area contributed by atoms with E-state index >= 15 is 0 Å². The van der Waals surface area contributed by atoms with Gasteiger partial charge in [-0.05, 0) is 68.0 Å². The number of nitrogens with one attached hydrogen (secondary N) is 2. The number of carbonyl (C=O) groups is 1. The Balaban J connectivity index is 1.09. The number of amides is 2. The van der Waals surface area contributed by atoms with Crippen LogP contribution in [0.25, 0.3) is 11.3 Å². The van der Waals surface area contributed by atoms with Crippen LogP contribution in [0.1, 0.15) is 106 Å². The van der Waals surface area contributed by atoms with Crippen molar-refractivity contribution in [3.8, 4) is 11.4 Å². The fourth-order valence-corrected chi connectivity index (χ4v) is 6.64. The van der Waals surface area contributed by atoms with E-state index in [-0.39, 0.29) is 23.6 Å². The number of fused-ring (bicyclic) bond motifs is 2. The van der Waals surface area contributed by atoms with Crippen LogP contribution in [0, 0.1) is 6.92 Å². The largest absolute Gasteiger partial charge is 0.484 e. The van der Waals surface area contributed by atoms with E-state index in [1.54, 1.807) is 0 Å². The lowest BCUT2D eigenvalue weighted by molar-refractivity contribution is 0.171. The number of ether oxygens (including phenoxy) is 1. The van der Waals surface area contributed by atoms with Gasteiger partial charge >= 0.3 is 6.03 Å². The minimum absolute atomic E-state index is 0.122. The Labute approximate surface area is 264 Å². The van der Waals surface area contributed by atoms with Gasteiger partial charge in [-0.25, -0.2) is 9.48 Å². The third-order valence-corrected chi connectivity index (χ3v) is 9.14. The first-order valence-corrected chi connectivity index (χ1v) is 16.1. The van der Waals surface area contributed by atoms with Crippen LogP contribution in [0.5, 0.6) is 5.75 Å². The Kier molecular flexibility index (Phi) is 7.55. The molecule has 9 heteroatoms. The Bertz CT molecular complexity index is 1830. The van der Waals surface area contributed by atoms with Crippen LogP contribution in [0.2, 0.25) is 0 Å². The third kappa shape index (κ3) is 5.91. The fraction of sp³-hybridized carbons (Fsp3) is 0.389. The summed E-state index contributed by atoms with van der Waals surface area (Å²) >= 11 is 0. The van der Waals surface area contributed by atoms with Gasteiger partial charge in [0.25, 0.3) is 0 Å². The van der Waals surface area contributed by atoms with Crippen molar-refractivity contribution < 1.29 is 9.53 Å². The Hall–Kier alpha value is -4.66. The van der Waals surface area contributed by atoms with Gasteiger partial charge in [-0.15, -0.1) is 10.2 Å². The molecule has 3 aromatic heterocycles. The molecule has 1 fully saturated rings. The number of aromatic nitrogens is 5. The van der Waals surface area contributed by atoms with E-state index in [4.69, 9.17) is 9.84 Å². The van der Waals surface area contributed by atoms with Gasteiger partial charge in [0.05, 0.1) is 23.6 Å². The molecule has 2 aromatic carbocycles. The van der Waals surface area contributed by atoms with Gasteiger partial charge in [0.1, 0.15) is 23.5 Å². The minimum Gasteiger partial charge on any atom is -0.484 e. The molecular weight excluding hydrogens is 562 g/mol. The average Bonchev–Trinajstić information content (AvgIpc) is 3.79. The van der Waals surface area contributed by atoms with Crippen LogP contribution in [-0.4, -0.2) is 30.4 Å². The van der Waals surface area contributed by atoms with Crippen LogP contribution in [0.3, 0.4) is 0 Å². The lowest BCUT2D eigenvalue weighted by Gasteiger charge is -2.32. The molecule has 9 nitrogen and oxygen atoms in total. The van der Waals surface area contributed by atoms with Gasteiger partial charge in [-0.1, -0.05) is 75.6 Å². The number of benzene rings is 2. The molecule has 45 heavy (non-hydrogen) atoms. The summed E-state index contributed by atoms with van der Waals surface area (Å²) < 4.78 is 10.5. The summed E-state index contributed by atoms with van der Waals surface area (Å²) in [6, 6.07) is 21.9. The van der Waals surface area contributed by atoms with E-state index in [2.05, 4.69) is 65.1 Å². The third-order valence-electron chi connectivity index (χ3n) is 9.14. The number of rotatable bonds is 6. The van der Waals surface area contributed by atoms with Crippen LogP contribution >= 0.6 is 0 Å². The predicted molar refractivity (Wildman–Crippen MR) is 175 cm³/mol. The van der Waals surface area contributed by atoms with E-state index in [0.717, 1.165) is 65.4 Å².